The van der Waals surface area contributed by atoms with Gasteiger partial charge in [0.05, 0.1) is 0 Å². The van der Waals surface area contributed by atoms with Crippen LogP contribution in [0, 0.1) is 0 Å². The molecular formula is C14H15F2N5O3. The number of rotatable bonds is 7. The van der Waals surface area contributed by atoms with Crippen LogP contribution in [0.5, 0.6) is 5.75 Å². The van der Waals surface area contributed by atoms with Crippen LogP contribution >= 0.6 is 0 Å². The number of amides is 2. The van der Waals surface area contributed by atoms with Gasteiger partial charge in [0.2, 0.25) is 5.91 Å². The summed E-state index contributed by atoms with van der Waals surface area (Å²) in [5.74, 6) is -0.744. The monoisotopic (exact) mass is 339 g/mol. The number of anilines is 1. The second-order valence-electron chi connectivity index (χ2n) is 4.67. The summed E-state index contributed by atoms with van der Waals surface area (Å²) < 4.78 is 28.3. The number of aryl methyl sites for hydroxylation is 1. The lowest BCUT2D eigenvalue weighted by atomic mass is 10.1. The number of hydrogen-bond acceptors (Lipinski definition) is 5. The number of aromatic nitrogens is 3. The molecule has 0 radical (unpaired) electrons. The molecule has 2 aromatic rings. The van der Waals surface area contributed by atoms with Crippen molar-refractivity contribution in [1.82, 2.24) is 20.7 Å². The first kappa shape index (κ1) is 17.3. The van der Waals surface area contributed by atoms with E-state index in [1.165, 1.54) is 19.2 Å². The molecule has 0 bridgehead atoms. The number of aromatic amines is 1. The van der Waals surface area contributed by atoms with Gasteiger partial charge in [-0.3, -0.25) is 9.59 Å². The average Bonchev–Trinajstić information content (AvgIpc) is 3.01. The van der Waals surface area contributed by atoms with Gasteiger partial charge in [0.25, 0.3) is 5.91 Å². The van der Waals surface area contributed by atoms with Gasteiger partial charge in [-0.2, -0.15) is 14.0 Å². The van der Waals surface area contributed by atoms with Crippen LogP contribution in [0.1, 0.15) is 22.5 Å². The number of carbonyl (C=O) groups excluding carboxylic acids is 2. The molecule has 128 valence electrons. The molecule has 2 rings (SSSR count). The van der Waals surface area contributed by atoms with E-state index in [1.54, 1.807) is 12.1 Å². The van der Waals surface area contributed by atoms with Gasteiger partial charge in [-0.1, -0.05) is 12.1 Å². The molecule has 8 nitrogen and oxygen atoms in total. The molecule has 0 aliphatic rings. The number of carbonyl (C=O) groups is 2. The summed E-state index contributed by atoms with van der Waals surface area (Å²) in [4.78, 5) is 23.4. The fourth-order valence-corrected chi connectivity index (χ4v) is 1.88. The Hall–Kier alpha value is -3.04. The van der Waals surface area contributed by atoms with Gasteiger partial charge in [0.1, 0.15) is 5.75 Å². The molecule has 10 heteroatoms. The summed E-state index contributed by atoms with van der Waals surface area (Å²) in [5, 5.41) is 14.5. The van der Waals surface area contributed by atoms with E-state index < -0.39 is 12.5 Å². The van der Waals surface area contributed by atoms with E-state index in [4.69, 9.17) is 0 Å². The van der Waals surface area contributed by atoms with Crippen LogP contribution < -0.4 is 15.4 Å². The topological polar surface area (TPSA) is 109 Å². The van der Waals surface area contributed by atoms with E-state index in [-0.39, 0.29) is 29.6 Å². The number of halogens is 2. The van der Waals surface area contributed by atoms with Gasteiger partial charge >= 0.3 is 6.61 Å². The average molecular weight is 339 g/mol. The number of H-pyrrole nitrogens is 1. The van der Waals surface area contributed by atoms with Crippen LogP contribution in [-0.2, 0) is 11.2 Å². The zero-order chi connectivity index (χ0) is 17.5. The molecule has 0 atom stereocenters. The molecule has 24 heavy (non-hydrogen) atoms. The predicted octanol–water partition coefficient (Wildman–Crippen LogP) is 1.34. The minimum absolute atomic E-state index is 0.0145. The molecule has 2 amide bonds. The lowest BCUT2D eigenvalue weighted by molar-refractivity contribution is -0.116. The summed E-state index contributed by atoms with van der Waals surface area (Å²) in [6, 6.07) is 6.00. The first-order valence-corrected chi connectivity index (χ1v) is 6.96. The first-order chi connectivity index (χ1) is 11.5. The smallest absolute Gasteiger partial charge is 0.387 e. The summed E-state index contributed by atoms with van der Waals surface area (Å²) in [6.07, 6.45) is 0.503. The van der Waals surface area contributed by atoms with Crippen molar-refractivity contribution in [3.8, 4) is 5.75 Å². The zero-order valence-corrected chi connectivity index (χ0v) is 12.7. The lowest BCUT2D eigenvalue weighted by Crippen LogP contribution is -2.21. The molecule has 0 aliphatic heterocycles. The van der Waals surface area contributed by atoms with Crippen LogP contribution in [0.25, 0.3) is 0 Å². The Labute approximate surface area is 135 Å². The molecule has 0 saturated heterocycles. The van der Waals surface area contributed by atoms with E-state index in [0.29, 0.717) is 6.42 Å². The van der Waals surface area contributed by atoms with Crippen LogP contribution in [-0.4, -0.2) is 40.9 Å². The fraction of sp³-hybridized carbons (Fsp3) is 0.286. The van der Waals surface area contributed by atoms with Gasteiger partial charge in [-0.15, -0.1) is 10.2 Å². The highest BCUT2D eigenvalue weighted by Crippen LogP contribution is 2.16. The second-order valence-corrected chi connectivity index (χ2v) is 4.67. The highest BCUT2D eigenvalue weighted by molar-refractivity contribution is 6.00. The van der Waals surface area contributed by atoms with Crippen molar-refractivity contribution in [3.63, 3.8) is 0 Å². The highest BCUT2D eigenvalue weighted by Gasteiger charge is 2.17. The maximum atomic E-state index is 12.1. The molecule has 0 spiro atoms. The van der Waals surface area contributed by atoms with Gasteiger partial charge < -0.3 is 15.4 Å². The largest absolute Gasteiger partial charge is 0.435 e. The minimum atomic E-state index is -2.88. The van der Waals surface area contributed by atoms with E-state index in [1.807, 2.05) is 0 Å². The van der Waals surface area contributed by atoms with Crippen molar-refractivity contribution >= 4 is 17.6 Å². The number of nitrogens with zero attached hydrogens (tertiary/aromatic N) is 2. The van der Waals surface area contributed by atoms with Crippen LogP contribution in [0.15, 0.2) is 24.3 Å². The Morgan fingerprint density at radius 2 is 1.96 bits per heavy atom. The zero-order valence-electron chi connectivity index (χ0n) is 12.7. The molecule has 1 aromatic carbocycles. The van der Waals surface area contributed by atoms with Crippen LogP contribution in [0.3, 0.4) is 0 Å². The first-order valence-electron chi connectivity index (χ1n) is 6.96. The number of ether oxygens (including phenoxy) is 1. The van der Waals surface area contributed by atoms with Crippen molar-refractivity contribution in [2.75, 3.05) is 12.4 Å². The van der Waals surface area contributed by atoms with E-state index >= 15 is 0 Å². The summed E-state index contributed by atoms with van der Waals surface area (Å²) in [6.45, 7) is -2.88. The molecule has 0 fully saturated rings. The fourth-order valence-electron chi connectivity index (χ4n) is 1.88. The Bertz CT molecular complexity index is 703. The maximum Gasteiger partial charge on any atom is 0.387 e. The SMILES string of the molecule is CNC(=O)c1n[nH]nc1NC(=O)CCc1ccc(OC(F)F)cc1. The van der Waals surface area contributed by atoms with Gasteiger partial charge in [0, 0.05) is 13.5 Å². The lowest BCUT2D eigenvalue weighted by Gasteiger charge is -2.06. The third-order valence-electron chi connectivity index (χ3n) is 3.04. The van der Waals surface area contributed by atoms with Crippen molar-refractivity contribution in [2.45, 2.75) is 19.5 Å². The minimum Gasteiger partial charge on any atom is -0.435 e. The molecule has 1 heterocycles. The normalized spacial score (nSPS) is 10.5. The predicted molar refractivity (Wildman–Crippen MR) is 79.8 cm³/mol. The third kappa shape index (κ3) is 4.73. The van der Waals surface area contributed by atoms with Crippen molar-refractivity contribution in [2.24, 2.45) is 0 Å². The second kappa shape index (κ2) is 7.99. The number of hydrogen-bond donors (Lipinski definition) is 3. The molecule has 0 unspecified atom stereocenters. The van der Waals surface area contributed by atoms with Crippen molar-refractivity contribution in [1.29, 1.82) is 0 Å². The van der Waals surface area contributed by atoms with E-state index in [9.17, 15) is 18.4 Å². The molecular weight excluding hydrogens is 324 g/mol. The summed E-state index contributed by atoms with van der Waals surface area (Å²) >= 11 is 0. The molecule has 0 saturated carbocycles. The van der Waals surface area contributed by atoms with Crippen LogP contribution in [0.4, 0.5) is 14.6 Å². The highest BCUT2D eigenvalue weighted by atomic mass is 19.3. The summed E-state index contributed by atoms with van der Waals surface area (Å²) in [7, 11) is 1.43. The van der Waals surface area contributed by atoms with Crippen molar-refractivity contribution in [3.05, 3.63) is 35.5 Å². The molecule has 0 aliphatic carbocycles. The third-order valence-corrected chi connectivity index (χ3v) is 3.04. The Morgan fingerprint density at radius 1 is 1.25 bits per heavy atom. The maximum absolute atomic E-state index is 12.1. The Morgan fingerprint density at radius 3 is 2.58 bits per heavy atom. The number of alkyl halides is 2. The van der Waals surface area contributed by atoms with Crippen LogP contribution in [0.2, 0.25) is 0 Å². The van der Waals surface area contributed by atoms with Gasteiger partial charge in [-0.05, 0) is 24.1 Å². The molecule has 1 aromatic heterocycles. The standard InChI is InChI=1S/C14H15F2N5O3/c1-17-13(23)11-12(20-21-19-11)18-10(22)7-4-8-2-5-9(6-3-8)24-14(15)16/h2-3,5-6,14H,4,7H2,1H3,(H,17,23)(H2,18,19,20,21,22). The summed E-state index contributed by atoms with van der Waals surface area (Å²) in [5.41, 5.74) is 0.762. The van der Waals surface area contributed by atoms with Crippen molar-refractivity contribution < 1.29 is 23.1 Å². The Kier molecular flexibility index (Phi) is 5.77. The van der Waals surface area contributed by atoms with E-state index in [2.05, 4.69) is 30.8 Å². The van der Waals surface area contributed by atoms with E-state index in [0.717, 1.165) is 5.56 Å². The molecule has 3 N–H and O–H groups in total. The number of benzene rings is 1. The van der Waals surface area contributed by atoms with Gasteiger partial charge in [0.15, 0.2) is 11.5 Å². The quantitative estimate of drug-likeness (QED) is 0.705. The Balaban J connectivity index is 1.87. The number of nitrogens with one attached hydrogen (secondary N) is 3. The van der Waals surface area contributed by atoms with Gasteiger partial charge in [-0.25, -0.2) is 0 Å².